The summed E-state index contributed by atoms with van der Waals surface area (Å²) in [4.78, 5) is 15.7. The first-order chi connectivity index (χ1) is 28.2. The molecule has 0 amide bonds. The molecule has 0 saturated heterocycles. The third kappa shape index (κ3) is 4.96. The van der Waals surface area contributed by atoms with Crippen LogP contribution in [0.5, 0.6) is 5.75 Å². The van der Waals surface area contributed by atoms with Crippen LogP contribution >= 0.6 is 0 Å². The summed E-state index contributed by atoms with van der Waals surface area (Å²) >= 11 is 0. The van der Waals surface area contributed by atoms with Gasteiger partial charge in [-0.3, -0.25) is 4.57 Å². The standard InChI is InChI=1S/C50H32N6O/c1-2-13-32(14-3-1)47-52-48(35-23-22-31-12-4-5-15-34(31)30-35)54-50(53-47)56-43-20-10-7-17-38(43)40-29-28-39-37-16-6-9-19-42(37)55(45(39)46(40)56)36-26-24-33(25-27-36)49-51-41-18-8-11-21-44(41)57-49/h1-30,49,51H. The zero-order chi connectivity index (χ0) is 37.5. The van der Waals surface area contributed by atoms with Crippen molar-refractivity contribution < 1.29 is 4.74 Å². The maximum Gasteiger partial charge on any atom is 0.238 e. The van der Waals surface area contributed by atoms with E-state index in [0.29, 0.717) is 17.6 Å². The second-order valence-corrected chi connectivity index (χ2v) is 14.5. The summed E-state index contributed by atoms with van der Waals surface area (Å²) in [6, 6.07) is 63.4. The summed E-state index contributed by atoms with van der Waals surface area (Å²) < 4.78 is 10.9. The summed E-state index contributed by atoms with van der Waals surface area (Å²) in [6.07, 6.45) is -0.261. The van der Waals surface area contributed by atoms with E-state index in [-0.39, 0.29) is 6.23 Å². The predicted molar refractivity (Wildman–Crippen MR) is 230 cm³/mol. The molecule has 0 spiro atoms. The molecule has 0 fully saturated rings. The number of aromatic nitrogens is 5. The number of nitrogens with one attached hydrogen (secondary N) is 1. The molecule has 7 nitrogen and oxygen atoms in total. The molecule has 268 valence electrons. The van der Waals surface area contributed by atoms with E-state index in [4.69, 9.17) is 19.7 Å². The Morgan fingerprint density at radius 1 is 0.456 bits per heavy atom. The third-order valence-corrected chi connectivity index (χ3v) is 11.2. The van der Waals surface area contributed by atoms with Gasteiger partial charge in [-0.05, 0) is 53.2 Å². The Hall–Kier alpha value is -7.77. The van der Waals surface area contributed by atoms with Crippen LogP contribution in [0, 0.1) is 0 Å². The van der Waals surface area contributed by atoms with Crippen molar-refractivity contribution in [1.82, 2.24) is 24.1 Å². The molecule has 0 aliphatic carbocycles. The number of ether oxygens (including phenoxy) is 1. The summed E-state index contributed by atoms with van der Waals surface area (Å²) in [7, 11) is 0. The van der Waals surface area contributed by atoms with E-state index in [1.165, 1.54) is 10.8 Å². The van der Waals surface area contributed by atoms with E-state index in [1.54, 1.807) is 0 Å². The second-order valence-electron chi connectivity index (χ2n) is 14.5. The van der Waals surface area contributed by atoms with Gasteiger partial charge in [0, 0.05) is 43.9 Å². The number of hydrogen-bond donors (Lipinski definition) is 1. The summed E-state index contributed by atoms with van der Waals surface area (Å²) in [5.41, 5.74) is 9.19. The van der Waals surface area contributed by atoms with Crippen LogP contribution in [-0.2, 0) is 0 Å². The van der Waals surface area contributed by atoms with Gasteiger partial charge in [-0.15, -0.1) is 0 Å². The topological polar surface area (TPSA) is 69.8 Å². The Kier molecular flexibility index (Phi) is 6.85. The van der Waals surface area contributed by atoms with Crippen LogP contribution in [0.25, 0.3) is 88.8 Å². The molecule has 11 aromatic rings. The van der Waals surface area contributed by atoms with E-state index < -0.39 is 0 Å². The SMILES string of the molecule is c1ccc(-c2nc(-c3ccc4ccccc4c3)nc(-n3c4ccccc4c4ccc5c6ccccc6n(-c6ccc(C7Nc8ccccc8O7)cc6)c5c43)n2)cc1. The quantitative estimate of drug-likeness (QED) is 0.191. The molecule has 12 rings (SSSR count). The van der Waals surface area contributed by atoms with E-state index in [0.717, 1.165) is 77.4 Å². The number of anilines is 1. The van der Waals surface area contributed by atoms with Gasteiger partial charge in [0.05, 0.1) is 27.8 Å². The zero-order valence-electron chi connectivity index (χ0n) is 30.5. The lowest BCUT2D eigenvalue weighted by atomic mass is 10.1. The van der Waals surface area contributed by atoms with Crippen LogP contribution in [0.2, 0.25) is 0 Å². The Morgan fingerprint density at radius 2 is 1.07 bits per heavy atom. The minimum Gasteiger partial charge on any atom is -0.464 e. The summed E-state index contributed by atoms with van der Waals surface area (Å²) in [6.45, 7) is 0. The molecule has 0 saturated carbocycles. The molecule has 1 atom stereocenters. The van der Waals surface area contributed by atoms with Gasteiger partial charge in [-0.2, -0.15) is 9.97 Å². The molecule has 7 heteroatoms. The molecule has 3 aromatic heterocycles. The first-order valence-corrected chi connectivity index (χ1v) is 19.1. The maximum atomic E-state index is 6.28. The van der Waals surface area contributed by atoms with Crippen molar-refractivity contribution in [3.63, 3.8) is 0 Å². The molecule has 8 aromatic carbocycles. The fourth-order valence-corrected chi connectivity index (χ4v) is 8.55. The number of nitrogens with zero attached hydrogens (tertiary/aromatic N) is 5. The lowest BCUT2D eigenvalue weighted by molar-refractivity contribution is 0.260. The van der Waals surface area contributed by atoms with Crippen LogP contribution in [-0.4, -0.2) is 24.1 Å². The van der Waals surface area contributed by atoms with Gasteiger partial charge in [-0.1, -0.05) is 140 Å². The summed E-state index contributed by atoms with van der Waals surface area (Å²) in [5, 5.41) is 10.4. The van der Waals surface area contributed by atoms with Gasteiger partial charge >= 0.3 is 0 Å². The van der Waals surface area contributed by atoms with Gasteiger partial charge in [0.15, 0.2) is 17.9 Å². The molecule has 57 heavy (non-hydrogen) atoms. The lowest BCUT2D eigenvalue weighted by Gasteiger charge is -2.15. The van der Waals surface area contributed by atoms with Crippen molar-refractivity contribution in [2.24, 2.45) is 0 Å². The first-order valence-electron chi connectivity index (χ1n) is 19.1. The van der Waals surface area contributed by atoms with Crippen molar-refractivity contribution in [3.8, 4) is 40.2 Å². The van der Waals surface area contributed by atoms with Crippen LogP contribution in [0.3, 0.4) is 0 Å². The third-order valence-electron chi connectivity index (χ3n) is 11.2. The molecule has 0 bridgehead atoms. The van der Waals surface area contributed by atoms with Gasteiger partial charge in [0.25, 0.3) is 0 Å². The van der Waals surface area contributed by atoms with Crippen LogP contribution in [0.4, 0.5) is 5.69 Å². The maximum absolute atomic E-state index is 6.28. The normalized spacial score (nSPS) is 13.7. The molecular formula is C50H32N6O. The minimum absolute atomic E-state index is 0.261. The number of para-hydroxylation sites is 4. The van der Waals surface area contributed by atoms with Crippen LogP contribution < -0.4 is 10.1 Å². The Morgan fingerprint density at radius 3 is 1.82 bits per heavy atom. The first kappa shape index (κ1) is 31.6. The second kappa shape index (κ2) is 12.4. The van der Waals surface area contributed by atoms with E-state index in [9.17, 15) is 0 Å². The fraction of sp³-hybridized carbons (Fsp3) is 0.0200. The molecule has 1 aliphatic heterocycles. The highest BCUT2D eigenvalue weighted by atomic mass is 16.5. The monoisotopic (exact) mass is 732 g/mol. The highest BCUT2D eigenvalue weighted by molar-refractivity contribution is 6.23. The van der Waals surface area contributed by atoms with Crippen molar-refractivity contribution in [3.05, 3.63) is 188 Å². The van der Waals surface area contributed by atoms with Gasteiger partial charge in [0.2, 0.25) is 5.95 Å². The average Bonchev–Trinajstić information content (AvgIpc) is 3.97. The van der Waals surface area contributed by atoms with Crippen molar-refractivity contribution in [2.45, 2.75) is 6.23 Å². The molecule has 0 radical (unpaired) electrons. The molecule has 1 N–H and O–H groups in total. The number of benzene rings is 8. The van der Waals surface area contributed by atoms with Crippen molar-refractivity contribution in [2.75, 3.05) is 5.32 Å². The van der Waals surface area contributed by atoms with Crippen molar-refractivity contribution in [1.29, 1.82) is 0 Å². The molecule has 1 aliphatic rings. The molecule has 1 unspecified atom stereocenters. The van der Waals surface area contributed by atoms with Gasteiger partial charge < -0.3 is 14.6 Å². The zero-order valence-corrected chi connectivity index (χ0v) is 30.5. The molecule has 4 heterocycles. The van der Waals surface area contributed by atoms with E-state index in [1.807, 2.05) is 42.5 Å². The Balaban J connectivity index is 1.13. The van der Waals surface area contributed by atoms with E-state index in [2.05, 4.69) is 154 Å². The van der Waals surface area contributed by atoms with Gasteiger partial charge in [0.1, 0.15) is 5.75 Å². The number of fused-ring (bicyclic) bond motifs is 9. The van der Waals surface area contributed by atoms with Crippen molar-refractivity contribution >= 4 is 60.1 Å². The highest BCUT2D eigenvalue weighted by Crippen LogP contribution is 2.42. The Labute approximate surface area is 327 Å². The minimum atomic E-state index is -0.261. The van der Waals surface area contributed by atoms with Crippen LogP contribution in [0.15, 0.2) is 182 Å². The largest absolute Gasteiger partial charge is 0.464 e. The number of hydrogen-bond acceptors (Lipinski definition) is 5. The Bertz CT molecular complexity index is 3340. The average molecular weight is 733 g/mol. The highest BCUT2D eigenvalue weighted by Gasteiger charge is 2.25. The van der Waals surface area contributed by atoms with E-state index >= 15 is 0 Å². The van der Waals surface area contributed by atoms with Gasteiger partial charge in [-0.25, -0.2) is 4.98 Å². The lowest BCUT2D eigenvalue weighted by Crippen LogP contribution is -2.10. The fourth-order valence-electron chi connectivity index (χ4n) is 8.55. The summed E-state index contributed by atoms with van der Waals surface area (Å²) in [5.74, 6) is 2.65. The number of rotatable bonds is 5. The van der Waals surface area contributed by atoms with Crippen LogP contribution in [0.1, 0.15) is 11.8 Å². The predicted octanol–water partition coefficient (Wildman–Crippen LogP) is 12.1. The molecular weight excluding hydrogens is 701 g/mol. The smallest absolute Gasteiger partial charge is 0.238 e.